The quantitative estimate of drug-likeness (QED) is 0.283. The fourth-order valence-electron chi connectivity index (χ4n) is 2.23. The number of nitrogens with zero attached hydrogens (tertiary/aromatic N) is 1. The predicted octanol–water partition coefficient (Wildman–Crippen LogP) is 3.83. The van der Waals surface area contributed by atoms with Gasteiger partial charge in [0.05, 0.1) is 6.61 Å². The Morgan fingerprint density at radius 2 is 1.82 bits per heavy atom. The van der Waals surface area contributed by atoms with Gasteiger partial charge in [0, 0.05) is 12.5 Å². The molecule has 1 unspecified atom stereocenters. The highest BCUT2D eigenvalue weighted by molar-refractivity contribution is 5.94. The molecule has 1 atom stereocenters. The summed E-state index contributed by atoms with van der Waals surface area (Å²) in [6.45, 7) is 3.44. The Kier molecular flexibility index (Phi) is 7.73. The summed E-state index contributed by atoms with van der Waals surface area (Å²) < 4.78 is 29.2. The molecular weight excluding hydrogens is 365 g/mol. The molecule has 28 heavy (non-hydrogen) atoms. The molecule has 0 N–H and O–H groups in total. The van der Waals surface area contributed by atoms with Gasteiger partial charge in [0.15, 0.2) is 17.7 Å². The molecule has 0 radical (unpaired) electrons. The van der Waals surface area contributed by atoms with Crippen molar-refractivity contribution in [2.24, 2.45) is 0 Å². The van der Waals surface area contributed by atoms with Crippen molar-refractivity contribution >= 4 is 11.9 Å². The largest absolute Gasteiger partial charge is 0.493 e. The summed E-state index contributed by atoms with van der Waals surface area (Å²) in [6, 6.07) is 13.9. The topological polar surface area (TPSA) is 85.6 Å². The summed E-state index contributed by atoms with van der Waals surface area (Å²) in [6.07, 6.45) is 0.741. The highest BCUT2D eigenvalue weighted by atomic mass is 19.1. The fourth-order valence-corrected chi connectivity index (χ4v) is 2.23. The van der Waals surface area contributed by atoms with E-state index in [0.717, 1.165) is 6.08 Å². The van der Waals surface area contributed by atoms with Crippen molar-refractivity contribution in [3.8, 4) is 17.6 Å². The number of halogens is 1. The second-order valence-corrected chi connectivity index (χ2v) is 5.57. The maximum absolute atomic E-state index is 13.7. The van der Waals surface area contributed by atoms with Crippen LogP contribution in [0, 0.1) is 17.1 Å². The molecule has 0 saturated carbocycles. The molecule has 2 rings (SSSR count). The molecule has 6 nitrogen and oxygen atoms in total. The van der Waals surface area contributed by atoms with Gasteiger partial charge in [-0.15, -0.1) is 0 Å². The maximum Gasteiger partial charge on any atom is 0.347 e. The molecule has 0 saturated heterocycles. The number of carbonyl (C=O) groups is 2. The van der Waals surface area contributed by atoms with E-state index in [1.165, 1.54) is 24.3 Å². The van der Waals surface area contributed by atoms with E-state index in [1.54, 1.807) is 24.3 Å². The summed E-state index contributed by atoms with van der Waals surface area (Å²) in [5, 5.41) is 8.97. The number of ether oxygens (including phenoxy) is 3. The predicted molar refractivity (Wildman–Crippen MR) is 98.2 cm³/mol. The molecule has 2 aromatic carbocycles. The zero-order valence-corrected chi connectivity index (χ0v) is 15.0. The molecule has 0 aliphatic rings. The summed E-state index contributed by atoms with van der Waals surface area (Å²) in [4.78, 5) is 23.5. The first-order chi connectivity index (χ1) is 13.5. The second-order valence-electron chi connectivity index (χ2n) is 5.57. The number of rotatable bonds is 9. The van der Waals surface area contributed by atoms with Crippen LogP contribution in [-0.2, 0) is 9.53 Å². The number of hydrogen-bond donors (Lipinski definition) is 0. The van der Waals surface area contributed by atoms with Crippen LogP contribution < -0.4 is 9.47 Å². The highest BCUT2D eigenvalue weighted by Crippen LogP contribution is 2.22. The van der Waals surface area contributed by atoms with Crippen LogP contribution in [0.4, 0.5) is 4.39 Å². The van der Waals surface area contributed by atoms with Gasteiger partial charge >= 0.3 is 11.9 Å². The Hall–Kier alpha value is -3.66. The van der Waals surface area contributed by atoms with Crippen molar-refractivity contribution < 1.29 is 28.2 Å². The van der Waals surface area contributed by atoms with Crippen molar-refractivity contribution in [2.75, 3.05) is 6.61 Å². The zero-order chi connectivity index (χ0) is 20.4. The average molecular weight is 383 g/mol. The molecule has 0 aliphatic carbocycles. The van der Waals surface area contributed by atoms with Gasteiger partial charge in [-0.1, -0.05) is 30.8 Å². The third kappa shape index (κ3) is 5.95. The Morgan fingerprint density at radius 3 is 2.50 bits per heavy atom. The van der Waals surface area contributed by atoms with Crippen LogP contribution in [0.15, 0.2) is 61.2 Å². The van der Waals surface area contributed by atoms with Crippen LogP contribution in [0.1, 0.15) is 23.2 Å². The minimum atomic E-state index is -0.907. The van der Waals surface area contributed by atoms with E-state index in [2.05, 4.69) is 6.58 Å². The number of carbonyl (C=O) groups excluding carboxylic acids is 2. The summed E-state index contributed by atoms with van der Waals surface area (Å²) in [5.41, 5.74) is 0.140. The van der Waals surface area contributed by atoms with Crippen LogP contribution in [0.25, 0.3) is 0 Å². The van der Waals surface area contributed by atoms with Crippen molar-refractivity contribution in [2.45, 2.75) is 18.9 Å². The van der Waals surface area contributed by atoms with E-state index in [-0.39, 0.29) is 30.1 Å². The van der Waals surface area contributed by atoms with Gasteiger partial charge < -0.3 is 14.2 Å². The molecule has 7 heteroatoms. The normalized spacial score (nSPS) is 11.0. The lowest BCUT2D eigenvalue weighted by Gasteiger charge is -2.12. The van der Waals surface area contributed by atoms with Crippen molar-refractivity contribution in [1.82, 2.24) is 0 Å². The number of hydrogen-bond acceptors (Lipinski definition) is 6. The standard InChI is InChI=1S/C21H18FNO5/c1-2-20(24)27-15(14-23)8-7-13-26-18-11-5-3-9-16(18)21(25)28-19-12-6-4-10-17(19)22/h2-6,9-12,15H,1,7-8,13H2. The van der Waals surface area contributed by atoms with Crippen molar-refractivity contribution in [3.05, 3.63) is 72.6 Å². The molecule has 0 bridgehead atoms. The van der Waals surface area contributed by atoms with Crippen LogP contribution >= 0.6 is 0 Å². The molecule has 0 amide bonds. The average Bonchev–Trinajstić information content (AvgIpc) is 2.71. The molecule has 144 valence electrons. The minimum absolute atomic E-state index is 0.140. The van der Waals surface area contributed by atoms with E-state index in [1.807, 2.05) is 6.07 Å². The lowest BCUT2D eigenvalue weighted by molar-refractivity contribution is -0.140. The van der Waals surface area contributed by atoms with Crippen molar-refractivity contribution in [1.29, 1.82) is 5.26 Å². The van der Waals surface area contributed by atoms with Crippen LogP contribution in [0.2, 0.25) is 0 Å². The fraction of sp³-hybridized carbons (Fsp3) is 0.190. The Balaban J connectivity index is 1.94. The van der Waals surface area contributed by atoms with Gasteiger partial charge in [-0.05, 0) is 30.7 Å². The first-order valence-electron chi connectivity index (χ1n) is 8.46. The minimum Gasteiger partial charge on any atom is -0.493 e. The lowest BCUT2D eigenvalue weighted by atomic mass is 10.2. The lowest BCUT2D eigenvalue weighted by Crippen LogP contribution is -2.16. The van der Waals surface area contributed by atoms with Crippen LogP contribution in [-0.4, -0.2) is 24.6 Å². The molecular formula is C21H18FNO5. The van der Waals surface area contributed by atoms with E-state index in [9.17, 15) is 14.0 Å². The third-order valence-electron chi connectivity index (χ3n) is 3.58. The third-order valence-corrected chi connectivity index (χ3v) is 3.58. The molecule has 0 aromatic heterocycles. The van der Waals surface area contributed by atoms with Gasteiger partial charge in [-0.25, -0.2) is 14.0 Å². The van der Waals surface area contributed by atoms with Crippen LogP contribution in [0.3, 0.4) is 0 Å². The van der Waals surface area contributed by atoms with E-state index in [0.29, 0.717) is 6.42 Å². The van der Waals surface area contributed by atoms with Gasteiger partial charge in [0.2, 0.25) is 0 Å². The number of nitriles is 1. The zero-order valence-electron chi connectivity index (χ0n) is 15.0. The van der Waals surface area contributed by atoms with Gasteiger partial charge in [0.25, 0.3) is 0 Å². The van der Waals surface area contributed by atoms with E-state index < -0.39 is 23.9 Å². The smallest absolute Gasteiger partial charge is 0.347 e. The summed E-state index contributed by atoms with van der Waals surface area (Å²) >= 11 is 0. The van der Waals surface area contributed by atoms with Crippen molar-refractivity contribution in [3.63, 3.8) is 0 Å². The SMILES string of the molecule is C=CC(=O)OC(C#N)CCCOc1ccccc1C(=O)Oc1ccccc1F. The van der Waals surface area contributed by atoms with E-state index >= 15 is 0 Å². The van der Waals surface area contributed by atoms with Crippen LogP contribution in [0.5, 0.6) is 11.5 Å². The Bertz CT molecular complexity index is 890. The molecule has 2 aromatic rings. The Labute approximate surface area is 161 Å². The number of esters is 2. The monoisotopic (exact) mass is 383 g/mol. The second kappa shape index (κ2) is 10.5. The first-order valence-corrected chi connectivity index (χ1v) is 8.46. The number of benzene rings is 2. The molecule has 0 aliphatic heterocycles. The summed E-state index contributed by atoms with van der Waals surface area (Å²) in [7, 11) is 0. The maximum atomic E-state index is 13.7. The Morgan fingerprint density at radius 1 is 1.14 bits per heavy atom. The summed E-state index contributed by atoms with van der Waals surface area (Å²) in [5.74, 6) is -1.99. The molecule has 0 heterocycles. The number of para-hydroxylation sites is 2. The van der Waals surface area contributed by atoms with Gasteiger partial charge in [-0.3, -0.25) is 0 Å². The first kappa shape index (κ1) is 20.6. The molecule has 0 fully saturated rings. The highest BCUT2D eigenvalue weighted by Gasteiger charge is 2.17. The van der Waals surface area contributed by atoms with Gasteiger partial charge in [-0.2, -0.15) is 5.26 Å². The molecule has 0 spiro atoms. The van der Waals surface area contributed by atoms with E-state index in [4.69, 9.17) is 19.5 Å². The van der Waals surface area contributed by atoms with Gasteiger partial charge in [0.1, 0.15) is 17.4 Å².